The molecule has 1 fully saturated rings. The van der Waals surface area contributed by atoms with Crippen LogP contribution in [-0.2, 0) is 14.3 Å². The number of methoxy groups -OCH3 is 2. The highest BCUT2D eigenvalue weighted by molar-refractivity contribution is 6.01. The molecule has 174 valence electrons. The highest BCUT2D eigenvalue weighted by atomic mass is 16.6. The van der Waals surface area contributed by atoms with Crippen molar-refractivity contribution in [3.63, 3.8) is 0 Å². The molecule has 1 aromatic rings. The van der Waals surface area contributed by atoms with Crippen LogP contribution >= 0.6 is 0 Å². The van der Waals surface area contributed by atoms with Gasteiger partial charge in [0.15, 0.2) is 17.3 Å². The minimum Gasteiger partial charge on any atom is -0.493 e. The van der Waals surface area contributed by atoms with Gasteiger partial charge in [0.25, 0.3) is 0 Å². The molecule has 1 amide bonds. The highest BCUT2D eigenvalue weighted by Gasteiger charge is 2.43. The Hall–Kier alpha value is -3.58. The molecule has 2 aliphatic heterocycles. The molecule has 0 spiro atoms. The quantitative estimate of drug-likeness (QED) is 0.733. The Kier molecular flexibility index (Phi) is 6.51. The van der Waals surface area contributed by atoms with Crippen LogP contribution in [0.4, 0.5) is 4.79 Å². The number of hydrogen-bond acceptors (Lipinski definition) is 9. The van der Waals surface area contributed by atoms with Crippen LogP contribution in [0.5, 0.6) is 17.2 Å². The number of ketones is 1. The fraction of sp³-hybridized carbons (Fsp3) is 0.478. The molecule has 1 aromatic carbocycles. The van der Waals surface area contributed by atoms with Gasteiger partial charge in [-0.2, -0.15) is 5.26 Å². The largest absolute Gasteiger partial charge is 0.493 e. The van der Waals surface area contributed by atoms with E-state index in [1.807, 2.05) is 0 Å². The third kappa shape index (κ3) is 4.24. The van der Waals surface area contributed by atoms with Gasteiger partial charge in [0.1, 0.15) is 11.7 Å². The number of amides is 1. The first-order valence-electron chi connectivity index (χ1n) is 10.7. The van der Waals surface area contributed by atoms with Gasteiger partial charge in [0.2, 0.25) is 11.6 Å². The maximum atomic E-state index is 12.8. The lowest BCUT2D eigenvalue weighted by molar-refractivity contribution is -0.116. The van der Waals surface area contributed by atoms with Gasteiger partial charge >= 0.3 is 6.09 Å². The molecule has 1 saturated heterocycles. The van der Waals surface area contributed by atoms with Crippen molar-refractivity contribution in [1.29, 1.82) is 10.7 Å². The Balaban J connectivity index is 1.76. The van der Waals surface area contributed by atoms with Crippen molar-refractivity contribution >= 4 is 17.8 Å². The second-order valence-electron chi connectivity index (χ2n) is 7.89. The van der Waals surface area contributed by atoms with Crippen molar-refractivity contribution in [3.05, 3.63) is 29.0 Å². The van der Waals surface area contributed by atoms with Crippen LogP contribution in [0, 0.1) is 22.7 Å². The lowest BCUT2D eigenvalue weighted by Gasteiger charge is -2.34. The number of ether oxygens (including phenoxy) is 5. The molecule has 0 saturated carbocycles. The number of carbonyl (C=O) groups is 2. The van der Waals surface area contributed by atoms with E-state index in [1.54, 1.807) is 12.1 Å². The third-order valence-corrected chi connectivity index (χ3v) is 6.01. The zero-order valence-corrected chi connectivity index (χ0v) is 18.5. The zero-order chi connectivity index (χ0) is 23.5. The van der Waals surface area contributed by atoms with Crippen LogP contribution in [-0.4, -0.2) is 63.2 Å². The molecule has 0 aromatic heterocycles. The fourth-order valence-electron chi connectivity index (χ4n) is 4.37. The lowest BCUT2D eigenvalue weighted by Crippen LogP contribution is -2.42. The minimum atomic E-state index is -0.984. The van der Waals surface area contributed by atoms with Crippen molar-refractivity contribution in [2.24, 2.45) is 5.92 Å². The highest BCUT2D eigenvalue weighted by Crippen LogP contribution is 2.48. The Morgan fingerprint density at radius 2 is 1.85 bits per heavy atom. The summed E-state index contributed by atoms with van der Waals surface area (Å²) in [5.74, 6) is -1.04. The number of benzene rings is 1. The van der Waals surface area contributed by atoms with Gasteiger partial charge in [-0.15, -0.1) is 0 Å². The zero-order valence-electron chi connectivity index (χ0n) is 18.5. The summed E-state index contributed by atoms with van der Waals surface area (Å²) in [4.78, 5) is 27.0. The van der Waals surface area contributed by atoms with E-state index in [0.29, 0.717) is 62.5 Å². The number of allylic oxidation sites excluding steroid dienone is 2. The minimum absolute atomic E-state index is 0.0973. The monoisotopic (exact) mass is 455 g/mol. The molecular formula is C23H25N3O7. The van der Waals surface area contributed by atoms with E-state index in [-0.39, 0.29) is 28.9 Å². The number of nitriles is 1. The number of Topliss-reactive ketones (excluding diaryl/α,β-unsaturated/α-hetero) is 1. The van der Waals surface area contributed by atoms with Gasteiger partial charge in [0.05, 0.1) is 33.5 Å². The van der Waals surface area contributed by atoms with Crippen LogP contribution in [0.25, 0.3) is 0 Å². The Labute approximate surface area is 191 Å². The first-order valence-corrected chi connectivity index (χ1v) is 10.7. The Morgan fingerprint density at radius 3 is 2.45 bits per heavy atom. The van der Waals surface area contributed by atoms with Gasteiger partial charge < -0.3 is 28.6 Å². The molecule has 0 radical (unpaired) electrons. The fourth-order valence-corrected chi connectivity index (χ4v) is 4.37. The number of morpholine rings is 1. The van der Waals surface area contributed by atoms with Crippen molar-refractivity contribution in [1.82, 2.24) is 4.90 Å². The maximum Gasteiger partial charge on any atom is 0.415 e. The van der Waals surface area contributed by atoms with E-state index in [4.69, 9.17) is 29.1 Å². The second kappa shape index (κ2) is 9.50. The first kappa shape index (κ1) is 22.6. The summed E-state index contributed by atoms with van der Waals surface area (Å²) in [5.41, 5.74) is 0.947. The average molecular weight is 455 g/mol. The van der Waals surface area contributed by atoms with E-state index in [1.165, 1.54) is 19.1 Å². The molecule has 10 nitrogen and oxygen atoms in total. The average Bonchev–Trinajstić information content (AvgIpc) is 2.83. The number of carbonyl (C=O) groups excluding carboxylic acids is 2. The SMILES string of the molecule is COc1cc(C2C3=C(CCCC3=O)OC(=N)C2C#N)cc(OC)c1OC(=O)N1CCOCC1. The van der Waals surface area contributed by atoms with Gasteiger partial charge in [-0.25, -0.2) is 4.79 Å². The summed E-state index contributed by atoms with van der Waals surface area (Å²) in [7, 11) is 2.85. The molecule has 1 aliphatic carbocycles. The smallest absolute Gasteiger partial charge is 0.415 e. The number of hydrogen-bond donors (Lipinski definition) is 1. The summed E-state index contributed by atoms with van der Waals surface area (Å²) in [5, 5.41) is 18.0. The van der Waals surface area contributed by atoms with Crippen LogP contribution in [0.2, 0.25) is 0 Å². The predicted molar refractivity (Wildman–Crippen MR) is 115 cm³/mol. The molecule has 33 heavy (non-hydrogen) atoms. The van der Waals surface area contributed by atoms with Crippen molar-refractivity contribution in [2.45, 2.75) is 25.2 Å². The normalized spacial score (nSPS) is 22.8. The van der Waals surface area contributed by atoms with E-state index >= 15 is 0 Å². The Bertz CT molecular complexity index is 1030. The Morgan fingerprint density at radius 1 is 1.18 bits per heavy atom. The molecule has 4 rings (SSSR count). The van der Waals surface area contributed by atoms with E-state index in [2.05, 4.69) is 6.07 Å². The summed E-state index contributed by atoms with van der Waals surface area (Å²) < 4.78 is 27.4. The molecule has 2 heterocycles. The van der Waals surface area contributed by atoms with Crippen LogP contribution in [0.1, 0.15) is 30.7 Å². The molecule has 1 N–H and O–H groups in total. The van der Waals surface area contributed by atoms with E-state index in [0.717, 1.165) is 0 Å². The standard InChI is InChI=1S/C23H25N3O7/c1-29-17-10-13(11-18(30-2)21(17)33-23(28)26-6-8-31-9-7-26)19-14(12-24)22(25)32-16-5-3-4-15(27)20(16)19/h10-11,14,19,25H,3-9H2,1-2H3. The van der Waals surface area contributed by atoms with Gasteiger partial charge in [-0.3, -0.25) is 10.2 Å². The van der Waals surface area contributed by atoms with Crippen LogP contribution < -0.4 is 14.2 Å². The summed E-state index contributed by atoms with van der Waals surface area (Å²) in [6, 6.07) is 5.33. The molecule has 2 atom stereocenters. The number of rotatable bonds is 4. The van der Waals surface area contributed by atoms with Crippen LogP contribution in [0.3, 0.4) is 0 Å². The van der Waals surface area contributed by atoms with Crippen molar-refractivity contribution in [2.75, 3.05) is 40.5 Å². The first-order chi connectivity index (χ1) is 16.0. The summed E-state index contributed by atoms with van der Waals surface area (Å²) in [6.45, 7) is 1.68. The number of nitrogens with zero attached hydrogens (tertiary/aromatic N) is 2. The molecule has 10 heteroatoms. The van der Waals surface area contributed by atoms with Gasteiger partial charge in [-0.05, 0) is 24.1 Å². The summed E-state index contributed by atoms with van der Waals surface area (Å²) >= 11 is 0. The number of nitrogens with one attached hydrogen (secondary N) is 1. The van der Waals surface area contributed by atoms with Crippen LogP contribution in [0.15, 0.2) is 23.5 Å². The third-order valence-electron chi connectivity index (χ3n) is 6.01. The van der Waals surface area contributed by atoms with Gasteiger partial charge in [0, 0.05) is 37.4 Å². The summed E-state index contributed by atoms with van der Waals surface area (Å²) in [6.07, 6.45) is 0.964. The molecule has 0 bridgehead atoms. The topological polar surface area (TPSA) is 131 Å². The van der Waals surface area contributed by atoms with Gasteiger partial charge in [-0.1, -0.05) is 0 Å². The van der Waals surface area contributed by atoms with Crippen molar-refractivity contribution in [3.8, 4) is 23.3 Å². The van der Waals surface area contributed by atoms with E-state index < -0.39 is 17.9 Å². The van der Waals surface area contributed by atoms with E-state index in [9.17, 15) is 14.9 Å². The lowest BCUT2D eigenvalue weighted by atomic mass is 9.74. The van der Waals surface area contributed by atoms with Crippen molar-refractivity contribution < 1.29 is 33.3 Å². The maximum absolute atomic E-state index is 12.8. The molecular weight excluding hydrogens is 430 g/mol. The predicted octanol–water partition coefficient (Wildman–Crippen LogP) is 2.77. The second-order valence-corrected chi connectivity index (χ2v) is 7.89. The molecule has 3 aliphatic rings. The molecule has 2 unspecified atom stereocenters.